The molecule has 3 atom stereocenters. The summed E-state index contributed by atoms with van der Waals surface area (Å²) in [5, 5.41) is 13.3. The zero-order chi connectivity index (χ0) is 14.1. The summed E-state index contributed by atoms with van der Waals surface area (Å²) in [5.41, 5.74) is 1.95. The van der Waals surface area contributed by atoms with Gasteiger partial charge in [0.1, 0.15) is 11.6 Å². The molecule has 0 saturated heterocycles. The Labute approximate surface area is 118 Å². The van der Waals surface area contributed by atoms with E-state index in [-0.39, 0.29) is 17.6 Å². The molecule has 0 aliphatic heterocycles. The lowest BCUT2D eigenvalue weighted by molar-refractivity contribution is 0.448. The number of hydrogen-bond donors (Lipinski definition) is 2. The van der Waals surface area contributed by atoms with Crippen molar-refractivity contribution in [2.24, 2.45) is 0 Å². The Morgan fingerprint density at radius 1 is 1.20 bits per heavy atom. The smallest absolute Gasteiger partial charge is 0.123 e. The fourth-order valence-corrected chi connectivity index (χ4v) is 2.73. The van der Waals surface area contributed by atoms with Crippen molar-refractivity contribution in [3.8, 4) is 5.75 Å². The van der Waals surface area contributed by atoms with Crippen LogP contribution in [0.3, 0.4) is 0 Å². The van der Waals surface area contributed by atoms with Crippen molar-refractivity contribution < 1.29 is 9.50 Å². The predicted octanol–water partition coefficient (Wildman–Crippen LogP) is 3.74. The van der Waals surface area contributed by atoms with Gasteiger partial charge in [0.2, 0.25) is 0 Å². The number of halogens is 1. The van der Waals surface area contributed by atoms with Crippen molar-refractivity contribution in [1.82, 2.24) is 5.32 Å². The summed E-state index contributed by atoms with van der Waals surface area (Å²) in [5.74, 6) is 0.347. The largest absolute Gasteiger partial charge is 0.508 e. The molecular formula is C17H18FNO. The number of rotatable bonds is 4. The number of phenolic OH excluding ortho intramolecular Hbond substituents is 1. The average molecular weight is 271 g/mol. The lowest BCUT2D eigenvalue weighted by Gasteiger charge is -2.16. The summed E-state index contributed by atoms with van der Waals surface area (Å²) < 4.78 is 13.3. The van der Waals surface area contributed by atoms with Gasteiger partial charge in [0.15, 0.2) is 0 Å². The maximum atomic E-state index is 13.3. The highest BCUT2D eigenvalue weighted by atomic mass is 19.1. The maximum Gasteiger partial charge on any atom is 0.123 e. The van der Waals surface area contributed by atoms with Gasteiger partial charge in [-0.3, -0.25) is 0 Å². The first-order valence-electron chi connectivity index (χ1n) is 6.94. The van der Waals surface area contributed by atoms with Crippen molar-refractivity contribution in [2.75, 3.05) is 0 Å². The Bertz CT molecular complexity index is 599. The third-order valence-electron chi connectivity index (χ3n) is 3.94. The minimum Gasteiger partial charge on any atom is -0.508 e. The van der Waals surface area contributed by atoms with Gasteiger partial charge in [0, 0.05) is 23.6 Å². The lowest BCUT2D eigenvalue weighted by Crippen LogP contribution is -2.22. The summed E-state index contributed by atoms with van der Waals surface area (Å²) in [4.78, 5) is 0. The van der Waals surface area contributed by atoms with Crippen molar-refractivity contribution in [3.05, 3.63) is 65.5 Å². The zero-order valence-corrected chi connectivity index (χ0v) is 11.4. The van der Waals surface area contributed by atoms with E-state index in [0.717, 1.165) is 6.42 Å². The molecule has 20 heavy (non-hydrogen) atoms. The van der Waals surface area contributed by atoms with E-state index in [1.54, 1.807) is 0 Å². The van der Waals surface area contributed by atoms with Crippen LogP contribution in [0.4, 0.5) is 4.39 Å². The van der Waals surface area contributed by atoms with Gasteiger partial charge in [-0.05, 0) is 37.1 Å². The first kappa shape index (κ1) is 13.1. The van der Waals surface area contributed by atoms with Crippen LogP contribution in [0.25, 0.3) is 0 Å². The van der Waals surface area contributed by atoms with Crippen LogP contribution in [0.15, 0.2) is 48.5 Å². The Hall–Kier alpha value is -1.87. The Morgan fingerprint density at radius 2 is 1.95 bits per heavy atom. The van der Waals surface area contributed by atoms with Gasteiger partial charge in [-0.2, -0.15) is 0 Å². The van der Waals surface area contributed by atoms with Crippen LogP contribution in [0.5, 0.6) is 5.75 Å². The first-order valence-corrected chi connectivity index (χ1v) is 6.94. The quantitative estimate of drug-likeness (QED) is 0.888. The molecule has 0 spiro atoms. The molecule has 1 fully saturated rings. The molecule has 2 aromatic carbocycles. The molecule has 104 valence electrons. The molecule has 3 heteroatoms. The highest BCUT2D eigenvalue weighted by Crippen LogP contribution is 2.42. The highest BCUT2D eigenvalue weighted by molar-refractivity contribution is 5.36. The molecule has 3 rings (SSSR count). The van der Waals surface area contributed by atoms with Crippen LogP contribution in [-0.4, -0.2) is 11.1 Å². The average Bonchev–Trinajstić information content (AvgIpc) is 3.21. The van der Waals surface area contributed by atoms with Crippen LogP contribution < -0.4 is 5.32 Å². The molecule has 3 unspecified atom stereocenters. The standard InChI is InChI=1S/C17H18FNO/c1-11(14-9-13(18)7-8-17(14)20)19-16-10-15(16)12-5-3-2-4-6-12/h2-9,11,15-16,19-20H,10H2,1H3. The third-order valence-corrected chi connectivity index (χ3v) is 3.94. The topological polar surface area (TPSA) is 32.3 Å². The summed E-state index contributed by atoms with van der Waals surface area (Å²) in [6.07, 6.45) is 1.09. The van der Waals surface area contributed by atoms with Gasteiger partial charge >= 0.3 is 0 Å². The molecular weight excluding hydrogens is 253 g/mol. The fraction of sp³-hybridized carbons (Fsp3) is 0.294. The number of aromatic hydroxyl groups is 1. The van der Waals surface area contributed by atoms with E-state index in [4.69, 9.17) is 0 Å². The zero-order valence-electron chi connectivity index (χ0n) is 11.4. The molecule has 2 nitrogen and oxygen atoms in total. The summed E-state index contributed by atoms with van der Waals surface area (Å²) >= 11 is 0. The van der Waals surface area contributed by atoms with Gasteiger partial charge in [-0.1, -0.05) is 30.3 Å². The Balaban J connectivity index is 1.66. The second kappa shape index (κ2) is 5.25. The third kappa shape index (κ3) is 2.68. The normalized spacial score (nSPS) is 22.5. The molecule has 2 N–H and O–H groups in total. The Morgan fingerprint density at radius 3 is 2.70 bits per heavy atom. The van der Waals surface area contributed by atoms with Crippen molar-refractivity contribution in [3.63, 3.8) is 0 Å². The van der Waals surface area contributed by atoms with Crippen molar-refractivity contribution in [2.45, 2.75) is 31.3 Å². The molecule has 0 aromatic heterocycles. The van der Waals surface area contributed by atoms with E-state index in [0.29, 0.717) is 17.5 Å². The highest BCUT2D eigenvalue weighted by Gasteiger charge is 2.39. The second-order valence-corrected chi connectivity index (χ2v) is 5.45. The SMILES string of the molecule is CC(NC1CC1c1ccccc1)c1cc(F)ccc1O. The lowest BCUT2D eigenvalue weighted by atomic mass is 10.1. The second-order valence-electron chi connectivity index (χ2n) is 5.45. The van der Waals surface area contributed by atoms with Crippen molar-refractivity contribution in [1.29, 1.82) is 0 Å². The molecule has 0 amide bonds. The van der Waals surface area contributed by atoms with E-state index in [9.17, 15) is 9.50 Å². The minimum atomic E-state index is -0.318. The van der Waals surface area contributed by atoms with E-state index < -0.39 is 0 Å². The first-order chi connectivity index (χ1) is 9.65. The minimum absolute atomic E-state index is 0.0654. The molecule has 2 aromatic rings. The molecule has 1 aliphatic carbocycles. The van der Waals surface area contributed by atoms with E-state index >= 15 is 0 Å². The monoisotopic (exact) mass is 271 g/mol. The van der Waals surface area contributed by atoms with Gasteiger partial charge < -0.3 is 10.4 Å². The molecule has 0 heterocycles. The number of nitrogens with one attached hydrogen (secondary N) is 1. The maximum absolute atomic E-state index is 13.3. The summed E-state index contributed by atoms with van der Waals surface area (Å²) in [6.45, 7) is 1.95. The van der Waals surface area contributed by atoms with Crippen LogP contribution in [0.2, 0.25) is 0 Å². The Kier molecular flexibility index (Phi) is 3.45. The van der Waals surface area contributed by atoms with Crippen LogP contribution in [-0.2, 0) is 0 Å². The van der Waals surface area contributed by atoms with Gasteiger partial charge in [0.05, 0.1) is 0 Å². The van der Waals surface area contributed by atoms with Crippen molar-refractivity contribution >= 4 is 0 Å². The van der Waals surface area contributed by atoms with E-state index in [1.807, 2.05) is 25.1 Å². The van der Waals surface area contributed by atoms with Crippen LogP contribution in [0, 0.1) is 5.82 Å². The molecule has 1 aliphatic rings. The van der Waals surface area contributed by atoms with Gasteiger partial charge in [0.25, 0.3) is 0 Å². The van der Waals surface area contributed by atoms with E-state index in [2.05, 4.69) is 17.4 Å². The summed E-state index contributed by atoms with van der Waals surface area (Å²) in [7, 11) is 0. The van der Waals surface area contributed by atoms with Crippen LogP contribution in [0.1, 0.15) is 36.4 Å². The summed E-state index contributed by atoms with van der Waals surface area (Å²) in [6, 6.07) is 14.8. The molecule has 0 bridgehead atoms. The predicted molar refractivity (Wildman–Crippen MR) is 77.2 cm³/mol. The van der Waals surface area contributed by atoms with Gasteiger partial charge in [-0.15, -0.1) is 0 Å². The number of phenols is 1. The molecule has 0 radical (unpaired) electrons. The van der Waals surface area contributed by atoms with Crippen LogP contribution >= 0.6 is 0 Å². The molecule has 1 saturated carbocycles. The number of hydrogen-bond acceptors (Lipinski definition) is 2. The van der Waals surface area contributed by atoms with Gasteiger partial charge in [-0.25, -0.2) is 4.39 Å². The number of benzene rings is 2. The van der Waals surface area contributed by atoms with E-state index in [1.165, 1.54) is 23.8 Å². The fourth-order valence-electron chi connectivity index (χ4n) is 2.73.